The molecule has 120 valence electrons. The molecule has 5 nitrogen and oxygen atoms in total. The van der Waals surface area contributed by atoms with E-state index in [0.717, 1.165) is 11.3 Å². The van der Waals surface area contributed by atoms with Crippen molar-refractivity contribution < 1.29 is 9.90 Å². The minimum atomic E-state index is -0.847. The molecule has 1 aliphatic rings. The minimum absolute atomic E-state index is 0.251. The molecule has 0 unspecified atom stereocenters. The van der Waals surface area contributed by atoms with Gasteiger partial charge in [-0.3, -0.25) is 9.78 Å². The first-order chi connectivity index (χ1) is 11.0. The van der Waals surface area contributed by atoms with Crippen LogP contribution in [0, 0.1) is 0 Å². The zero-order chi connectivity index (χ0) is 16.4. The SMILES string of the molecule is NC(=O)c1cc(N2CCC(O)(c3ccc(Cl)cc3)CC2)ccn1. The van der Waals surface area contributed by atoms with Crippen molar-refractivity contribution in [3.8, 4) is 0 Å². The maximum atomic E-state index is 11.2. The van der Waals surface area contributed by atoms with E-state index in [2.05, 4.69) is 9.88 Å². The average Bonchev–Trinajstić information content (AvgIpc) is 2.56. The first-order valence-electron chi connectivity index (χ1n) is 7.47. The van der Waals surface area contributed by atoms with Crippen LogP contribution in [0.15, 0.2) is 42.6 Å². The number of hydrogen-bond acceptors (Lipinski definition) is 4. The van der Waals surface area contributed by atoms with E-state index in [0.29, 0.717) is 31.0 Å². The number of carbonyl (C=O) groups is 1. The molecule has 3 rings (SSSR count). The summed E-state index contributed by atoms with van der Waals surface area (Å²) in [7, 11) is 0. The fourth-order valence-corrected chi connectivity index (χ4v) is 3.06. The monoisotopic (exact) mass is 331 g/mol. The fraction of sp³-hybridized carbons (Fsp3) is 0.294. The van der Waals surface area contributed by atoms with Gasteiger partial charge < -0.3 is 15.7 Å². The summed E-state index contributed by atoms with van der Waals surface area (Å²) in [5.74, 6) is -0.540. The maximum absolute atomic E-state index is 11.2. The van der Waals surface area contributed by atoms with Crippen LogP contribution in [0.2, 0.25) is 5.02 Å². The first kappa shape index (κ1) is 15.8. The quantitative estimate of drug-likeness (QED) is 0.904. The summed E-state index contributed by atoms with van der Waals surface area (Å²) in [5, 5.41) is 11.5. The normalized spacial score (nSPS) is 17.0. The fourth-order valence-electron chi connectivity index (χ4n) is 2.93. The summed E-state index contributed by atoms with van der Waals surface area (Å²) in [4.78, 5) is 17.3. The number of carbonyl (C=O) groups excluding carboxylic acids is 1. The van der Waals surface area contributed by atoms with Crippen LogP contribution in [0.3, 0.4) is 0 Å². The van der Waals surface area contributed by atoms with Crippen LogP contribution >= 0.6 is 11.6 Å². The average molecular weight is 332 g/mol. The highest BCUT2D eigenvalue weighted by molar-refractivity contribution is 6.30. The number of primary amides is 1. The number of hydrogen-bond donors (Lipinski definition) is 2. The Hall–Kier alpha value is -2.11. The highest BCUT2D eigenvalue weighted by atomic mass is 35.5. The van der Waals surface area contributed by atoms with Crippen molar-refractivity contribution in [2.45, 2.75) is 18.4 Å². The van der Waals surface area contributed by atoms with Crippen LogP contribution < -0.4 is 10.6 Å². The second-order valence-corrected chi connectivity index (χ2v) is 6.23. The predicted octanol–water partition coefficient (Wildman–Crippen LogP) is 2.32. The Morgan fingerprint density at radius 1 is 1.22 bits per heavy atom. The summed E-state index contributed by atoms with van der Waals surface area (Å²) in [5.41, 5.74) is 6.46. The molecule has 0 saturated carbocycles. The number of aliphatic hydroxyl groups is 1. The van der Waals surface area contributed by atoms with Gasteiger partial charge in [-0.25, -0.2) is 0 Å². The summed E-state index contributed by atoms with van der Waals surface area (Å²) in [6.07, 6.45) is 2.78. The molecule has 3 N–H and O–H groups in total. The molecule has 1 aromatic carbocycles. The molecular formula is C17H18ClN3O2. The highest BCUT2D eigenvalue weighted by Gasteiger charge is 2.34. The molecule has 0 atom stereocenters. The second-order valence-electron chi connectivity index (χ2n) is 5.79. The number of piperidine rings is 1. The van der Waals surface area contributed by atoms with E-state index in [1.807, 2.05) is 18.2 Å². The third-order valence-electron chi connectivity index (χ3n) is 4.33. The smallest absolute Gasteiger partial charge is 0.267 e. The van der Waals surface area contributed by atoms with Crippen molar-refractivity contribution in [1.29, 1.82) is 0 Å². The third kappa shape index (κ3) is 3.30. The molecular weight excluding hydrogens is 314 g/mol. The first-order valence-corrected chi connectivity index (χ1v) is 7.85. The summed E-state index contributed by atoms with van der Waals surface area (Å²) < 4.78 is 0. The Morgan fingerprint density at radius 3 is 2.48 bits per heavy atom. The number of halogens is 1. The molecule has 1 fully saturated rings. The number of nitrogens with zero attached hydrogens (tertiary/aromatic N) is 2. The third-order valence-corrected chi connectivity index (χ3v) is 4.59. The maximum Gasteiger partial charge on any atom is 0.267 e. The standard InChI is InChI=1S/C17H18ClN3O2/c18-13-3-1-12(2-4-13)17(23)6-9-21(10-7-17)14-5-8-20-15(11-14)16(19)22/h1-5,8,11,23H,6-7,9-10H2,(H2,19,22). The molecule has 0 bridgehead atoms. The van der Waals surface area contributed by atoms with Gasteiger partial charge in [0, 0.05) is 30.0 Å². The van der Waals surface area contributed by atoms with E-state index in [1.54, 1.807) is 24.4 Å². The number of anilines is 1. The second kappa shape index (κ2) is 6.18. The van der Waals surface area contributed by atoms with Crippen molar-refractivity contribution >= 4 is 23.2 Å². The lowest BCUT2D eigenvalue weighted by Crippen LogP contribution is -2.42. The zero-order valence-corrected chi connectivity index (χ0v) is 13.3. The van der Waals surface area contributed by atoms with E-state index in [1.165, 1.54) is 0 Å². The Kier molecular flexibility index (Phi) is 4.24. The molecule has 1 saturated heterocycles. The molecule has 23 heavy (non-hydrogen) atoms. The van der Waals surface area contributed by atoms with Crippen molar-refractivity contribution in [3.05, 3.63) is 58.9 Å². The van der Waals surface area contributed by atoms with E-state index >= 15 is 0 Å². The molecule has 0 spiro atoms. The number of benzene rings is 1. The Labute approximate surface area is 139 Å². The Balaban J connectivity index is 1.74. The molecule has 0 radical (unpaired) electrons. The lowest BCUT2D eigenvalue weighted by molar-refractivity contribution is 0.0118. The summed E-state index contributed by atoms with van der Waals surface area (Å²) in [6.45, 7) is 1.36. The highest BCUT2D eigenvalue weighted by Crippen LogP contribution is 2.34. The van der Waals surface area contributed by atoms with Gasteiger partial charge >= 0.3 is 0 Å². The number of amides is 1. The molecule has 2 heterocycles. The van der Waals surface area contributed by atoms with Gasteiger partial charge in [0.25, 0.3) is 5.91 Å². The predicted molar refractivity (Wildman–Crippen MR) is 89.6 cm³/mol. The van der Waals surface area contributed by atoms with Gasteiger partial charge in [-0.2, -0.15) is 0 Å². The van der Waals surface area contributed by atoms with Crippen molar-refractivity contribution in [2.24, 2.45) is 5.73 Å². The summed E-state index contributed by atoms with van der Waals surface area (Å²) in [6, 6.07) is 10.9. The van der Waals surface area contributed by atoms with Gasteiger partial charge in [0.05, 0.1) is 5.60 Å². The Morgan fingerprint density at radius 2 is 1.87 bits per heavy atom. The van der Waals surface area contributed by atoms with Crippen molar-refractivity contribution in [1.82, 2.24) is 4.98 Å². The van der Waals surface area contributed by atoms with Crippen LogP contribution in [0.4, 0.5) is 5.69 Å². The van der Waals surface area contributed by atoms with E-state index < -0.39 is 11.5 Å². The topological polar surface area (TPSA) is 79.5 Å². The van der Waals surface area contributed by atoms with Crippen molar-refractivity contribution in [3.63, 3.8) is 0 Å². The van der Waals surface area contributed by atoms with Crippen LogP contribution in [0.1, 0.15) is 28.9 Å². The van der Waals surface area contributed by atoms with Gasteiger partial charge in [-0.15, -0.1) is 0 Å². The van der Waals surface area contributed by atoms with Crippen LogP contribution in [-0.4, -0.2) is 29.1 Å². The number of aromatic nitrogens is 1. The van der Waals surface area contributed by atoms with Crippen LogP contribution in [0.25, 0.3) is 0 Å². The minimum Gasteiger partial charge on any atom is -0.385 e. The van der Waals surface area contributed by atoms with Gasteiger partial charge in [-0.1, -0.05) is 23.7 Å². The van der Waals surface area contributed by atoms with Gasteiger partial charge in [-0.05, 0) is 42.7 Å². The number of nitrogens with two attached hydrogens (primary N) is 1. The van der Waals surface area contributed by atoms with E-state index in [-0.39, 0.29) is 5.69 Å². The summed E-state index contributed by atoms with van der Waals surface area (Å²) >= 11 is 5.91. The van der Waals surface area contributed by atoms with Crippen LogP contribution in [0.5, 0.6) is 0 Å². The molecule has 2 aromatic rings. The number of rotatable bonds is 3. The molecule has 1 amide bonds. The lowest BCUT2D eigenvalue weighted by atomic mass is 9.84. The van der Waals surface area contributed by atoms with Crippen LogP contribution in [-0.2, 0) is 5.60 Å². The molecule has 0 aliphatic carbocycles. The van der Waals surface area contributed by atoms with Crippen molar-refractivity contribution in [2.75, 3.05) is 18.0 Å². The number of pyridine rings is 1. The van der Waals surface area contributed by atoms with Gasteiger partial charge in [0.2, 0.25) is 0 Å². The lowest BCUT2D eigenvalue weighted by Gasteiger charge is -2.39. The van der Waals surface area contributed by atoms with Gasteiger partial charge in [0.1, 0.15) is 5.69 Å². The zero-order valence-electron chi connectivity index (χ0n) is 12.6. The molecule has 1 aliphatic heterocycles. The largest absolute Gasteiger partial charge is 0.385 e. The van der Waals surface area contributed by atoms with E-state index in [4.69, 9.17) is 17.3 Å². The Bertz CT molecular complexity index is 710. The van der Waals surface area contributed by atoms with E-state index in [9.17, 15) is 9.90 Å². The van der Waals surface area contributed by atoms with Gasteiger partial charge in [0.15, 0.2) is 0 Å². The molecule has 1 aromatic heterocycles. The molecule has 6 heteroatoms.